The van der Waals surface area contributed by atoms with Crippen LogP contribution in [0, 0.1) is 0 Å². The molecule has 1 N–H and O–H groups in total. The maximum atomic E-state index is 12.6. The normalized spacial score (nSPS) is 20.6. The van der Waals surface area contributed by atoms with E-state index >= 15 is 0 Å². The zero-order valence-electron chi connectivity index (χ0n) is 24.6. The third kappa shape index (κ3) is 6.12. The Bertz CT molecular complexity index is 1560. The van der Waals surface area contributed by atoms with Gasteiger partial charge >= 0.3 is 12.0 Å². The molecule has 2 atom stereocenters. The van der Waals surface area contributed by atoms with E-state index in [4.69, 9.17) is 31.4 Å². The van der Waals surface area contributed by atoms with Gasteiger partial charge in [-0.1, -0.05) is 35.9 Å². The highest BCUT2D eigenvalue weighted by Gasteiger charge is 2.33. The van der Waals surface area contributed by atoms with Crippen molar-refractivity contribution in [2.75, 3.05) is 56.7 Å². The molecule has 1 amide bonds. The maximum absolute atomic E-state index is 12.6. The van der Waals surface area contributed by atoms with Gasteiger partial charge in [0, 0.05) is 67.6 Å². The van der Waals surface area contributed by atoms with Crippen LogP contribution in [0.1, 0.15) is 30.5 Å². The first-order valence-corrected chi connectivity index (χ1v) is 15.2. The van der Waals surface area contributed by atoms with Gasteiger partial charge in [-0.05, 0) is 56.8 Å². The molecule has 3 aliphatic heterocycles. The Hall–Kier alpha value is -3.89. The van der Waals surface area contributed by atoms with Crippen molar-refractivity contribution in [2.24, 2.45) is 0 Å². The van der Waals surface area contributed by atoms with Crippen LogP contribution < -0.4 is 14.5 Å². The van der Waals surface area contributed by atoms with Crippen molar-refractivity contribution in [3.63, 3.8) is 0 Å². The summed E-state index contributed by atoms with van der Waals surface area (Å²) in [6.45, 7) is 4.01. The summed E-state index contributed by atoms with van der Waals surface area (Å²) >= 11 is 6.69. The predicted molar refractivity (Wildman–Crippen MR) is 167 cm³/mol. The number of amides is 1. The molecule has 0 saturated carbocycles. The van der Waals surface area contributed by atoms with Gasteiger partial charge in [-0.15, -0.1) is 0 Å². The molecule has 11 heteroatoms. The van der Waals surface area contributed by atoms with E-state index in [1.54, 1.807) is 4.90 Å². The quantitative estimate of drug-likeness (QED) is 0.382. The van der Waals surface area contributed by atoms with E-state index in [9.17, 15) is 9.59 Å². The highest BCUT2D eigenvalue weighted by atomic mass is 35.5. The number of halogens is 1. The summed E-state index contributed by atoms with van der Waals surface area (Å²) in [7, 11) is 4.14. The van der Waals surface area contributed by atoms with E-state index in [1.165, 1.54) is 0 Å². The molecular formula is C32H37ClN6O4. The van der Waals surface area contributed by atoms with Crippen molar-refractivity contribution in [2.45, 2.75) is 44.3 Å². The number of hydrogen-bond donors (Lipinski definition) is 1. The molecule has 0 bridgehead atoms. The number of carbonyl (C=O) groups is 2. The second-order valence-corrected chi connectivity index (χ2v) is 12.0. The van der Waals surface area contributed by atoms with E-state index in [1.807, 2.05) is 19.2 Å². The van der Waals surface area contributed by atoms with E-state index in [0.29, 0.717) is 38.3 Å². The van der Waals surface area contributed by atoms with Crippen LogP contribution in [0.15, 0.2) is 48.6 Å². The fraction of sp³-hybridized carbons (Fsp3) is 0.438. The molecular weight excluding hydrogens is 568 g/mol. The van der Waals surface area contributed by atoms with Gasteiger partial charge in [0.25, 0.3) is 0 Å². The second-order valence-electron chi connectivity index (χ2n) is 11.6. The number of likely N-dealkylation sites (N-methyl/N-ethyl adjacent to an activating group) is 2. The minimum atomic E-state index is -1.13. The van der Waals surface area contributed by atoms with E-state index in [0.717, 1.165) is 89.5 Å². The molecule has 0 radical (unpaired) electrons. The van der Waals surface area contributed by atoms with E-state index in [-0.39, 0.29) is 11.9 Å². The number of nitrogens with zero attached hydrogens (tertiary/aromatic N) is 6. The number of hydrogen-bond acceptors (Lipinski definition) is 8. The number of carboxylic acid groups (broad SMARTS) is 1. The Labute approximate surface area is 256 Å². The van der Waals surface area contributed by atoms with Gasteiger partial charge in [-0.3, -0.25) is 4.79 Å². The zero-order valence-corrected chi connectivity index (χ0v) is 25.3. The van der Waals surface area contributed by atoms with Gasteiger partial charge in [-0.25, -0.2) is 4.79 Å². The van der Waals surface area contributed by atoms with E-state index in [2.05, 4.69) is 46.0 Å². The van der Waals surface area contributed by atoms with Gasteiger partial charge < -0.3 is 29.4 Å². The highest BCUT2D eigenvalue weighted by Crippen LogP contribution is 2.37. The Morgan fingerprint density at radius 3 is 2.70 bits per heavy atom. The molecule has 0 unspecified atom stereocenters. The molecule has 43 heavy (non-hydrogen) atoms. The van der Waals surface area contributed by atoms with Gasteiger partial charge in [0.1, 0.15) is 12.4 Å². The Morgan fingerprint density at radius 1 is 1.12 bits per heavy atom. The van der Waals surface area contributed by atoms with Crippen molar-refractivity contribution in [1.82, 2.24) is 19.8 Å². The lowest BCUT2D eigenvalue weighted by Gasteiger charge is -2.35. The summed E-state index contributed by atoms with van der Waals surface area (Å²) in [5, 5.41) is 11.8. The second kappa shape index (κ2) is 12.4. The number of carbonyl (C=O) groups excluding carboxylic acids is 1. The van der Waals surface area contributed by atoms with Crippen LogP contribution in [0.4, 0.5) is 11.5 Å². The average Bonchev–Trinajstić information content (AvgIpc) is 3.67. The summed E-state index contributed by atoms with van der Waals surface area (Å²) in [4.78, 5) is 41.8. The third-order valence-electron chi connectivity index (χ3n) is 9.00. The number of likely N-dealkylation sites (tertiary alicyclic amines) is 2. The summed E-state index contributed by atoms with van der Waals surface area (Å²) in [5.74, 6) is -0.599. The molecule has 4 heterocycles. The van der Waals surface area contributed by atoms with Gasteiger partial charge in [0.15, 0.2) is 0 Å². The van der Waals surface area contributed by atoms with Crippen LogP contribution in [0.2, 0.25) is 5.02 Å². The molecule has 10 nitrogen and oxygen atoms in total. The first kappa shape index (κ1) is 29.2. The van der Waals surface area contributed by atoms with Crippen molar-refractivity contribution in [1.29, 1.82) is 0 Å². The number of carboxylic acids is 1. The lowest BCUT2D eigenvalue weighted by molar-refractivity contribution is -0.132. The monoisotopic (exact) mass is 604 g/mol. The molecule has 2 saturated heterocycles. The summed E-state index contributed by atoms with van der Waals surface area (Å²) in [5.41, 5.74) is 3.10. The number of ether oxygens (including phenoxy) is 1. The molecule has 226 valence electrons. The third-order valence-corrected chi connectivity index (χ3v) is 9.31. The topological polar surface area (TPSA) is 102 Å². The number of aliphatic carboxylic acids is 1. The fourth-order valence-electron chi connectivity index (χ4n) is 6.53. The number of rotatable bonds is 8. The van der Waals surface area contributed by atoms with Crippen LogP contribution in [-0.2, 0) is 22.6 Å². The number of aromatic nitrogens is 2. The Kier molecular flexibility index (Phi) is 8.41. The molecule has 2 aromatic carbocycles. The molecule has 0 aliphatic carbocycles. The molecule has 2 fully saturated rings. The molecule has 0 spiro atoms. The highest BCUT2D eigenvalue weighted by molar-refractivity contribution is 6.36. The summed E-state index contributed by atoms with van der Waals surface area (Å²) in [6.07, 6.45) is 5.76. The minimum absolute atomic E-state index is 0.0323. The molecule has 6 rings (SSSR count). The van der Waals surface area contributed by atoms with Gasteiger partial charge in [0.2, 0.25) is 5.91 Å². The minimum Gasteiger partial charge on any atom is -0.478 e. The van der Waals surface area contributed by atoms with Gasteiger partial charge in [-0.2, -0.15) is 9.97 Å². The number of anilines is 2. The molecule has 3 aromatic rings. The molecule has 1 aromatic heterocycles. The van der Waals surface area contributed by atoms with Crippen LogP contribution in [0.25, 0.3) is 10.8 Å². The van der Waals surface area contributed by atoms with Crippen LogP contribution in [0.5, 0.6) is 6.01 Å². The van der Waals surface area contributed by atoms with E-state index < -0.39 is 5.97 Å². The van der Waals surface area contributed by atoms with Gasteiger partial charge in [0.05, 0.1) is 17.3 Å². The predicted octanol–water partition coefficient (Wildman–Crippen LogP) is 4.00. The molecule has 3 aliphatic rings. The first-order valence-electron chi connectivity index (χ1n) is 14.9. The largest absolute Gasteiger partial charge is 0.478 e. The van der Waals surface area contributed by atoms with Crippen molar-refractivity contribution in [3.8, 4) is 6.01 Å². The Balaban J connectivity index is 1.29. The lowest BCUT2D eigenvalue weighted by atomic mass is 10.0. The zero-order chi connectivity index (χ0) is 30.1. The number of benzene rings is 2. The first-order chi connectivity index (χ1) is 20.8. The Morgan fingerprint density at radius 2 is 1.93 bits per heavy atom. The standard InChI is InChI=1S/C32H37ClN6O4/c1-36-15-5-8-23(36)20-43-32-34-26-19-38(27-10-4-7-21-6-3-9-25(33)30(21)27)17-14-24(26)31(35-32)37(2)22-13-16-39(18-22)28(40)11-12-29(41)42/h3-4,6-7,9-12,22-23H,5,8,13-20H2,1-2H3,(H,41,42)/b12-11+/t22-,23+/m1/s1. The summed E-state index contributed by atoms with van der Waals surface area (Å²) in [6, 6.07) is 13.0. The average molecular weight is 605 g/mol. The van der Waals surface area contributed by atoms with Crippen LogP contribution in [0.3, 0.4) is 0 Å². The van der Waals surface area contributed by atoms with Crippen molar-refractivity contribution in [3.05, 3.63) is 64.8 Å². The van der Waals surface area contributed by atoms with Crippen molar-refractivity contribution >= 4 is 45.8 Å². The fourth-order valence-corrected chi connectivity index (χ4v) is 6.81. The maximum Gasteiger partial charge on any atom is 0.328 e. The van der Waals surface area contributed by atoms with Crippen molar-refractivity contribution < 1.29 is 19.4 Å². The number of fused-ring (bicyclic) bond motifs is 2. The van der Waals surface area contributed by atoms with Crippen LogP contribution in [-0.4, -0.2) is 95.7 Å². The lowest BCUT2D eigenvalue weighted by Crippen LogP contribution is -2.39. The van der Waals surface area contributed by atoms with Crippen LogP contribution >= 0.6 is 11.6 Å². The SMILES string of the molecule is CN1CCC[C@H]1COc1nc2c(c(N(C)[C@@H]3CCN(C(=O)/C=C/C(=O)O)C3)n1)CCN(c1cccc3cccc(Cl)c13)C2. The smallest absolute Gasteiger partial charge is 0.328 e. The summed E-state index contributed by atoms with van der Waals surface area (Å²) < 4.78 is 6.26.